The zero-order valence-corrected chi connectivity index (χ0v) is 11.3. The summed E-state index contributed by atoms with van der Waals surface area (Å²) in [7, 11) is 0. The molecule has 0 N–H and O–H groups in total. The van der Waals surface area contributed by atoms with Crippen LogP contribution in [0.2, 0.25) is 0 Å². The van der Waals surface area contributed by atoms with Gasteiger partial charge in [0, 0.05) is 0 Å². The van der Waals surface area contributed by atoms with Crippen molar-refractivity contribution in [3.8, 4) is 0 Å². The maximum absolute atomic E-state index is 2.26. The van der Waals surface area contributed by atoms with E-state index in [1.54, 1.807) is 11.8 Å². The van der Waals surface area contributed by atoms with E-state index >= 15 is 0 Å². The zero-order chi connectivity index (χ0) is 11.1. The molecule has 0 spiro atoms. The van der Waals surface area contributed by atoms with Crippen LogP contribution in [-0.2, 0) is 0 Å². The minimum atomic E-state index is 0.447. The third-order valence-electron chi connectivity index (χ3n) is 1.95. The Hall–Kier alpha value is -0.951. The van der Waals surface area contributed by atoms with Crippen molar-refractivity contribution >= 4 is 31.2 Å². The molecule has 0 nitrogen and oxygen atoms in total. The fraction of sp³-hybridized carbons (Fsp3) is 0. The monoisotopic (exact) mass is 292 g/mol. The van der Waals surface area contributed by atoms with Gasteiger partial charge in [-0.2, -0.15) is 0 Å². The predicted octanol–water partition coefficient (Wildman–Crippen LogP) is 3.28. The Bertz CT molecular complexity index is 393. The Kier molecular flexibility index (Phi) is 4.75. The van der Waals surface area contributed by atoms with E-state index in [0.29, 0.717) is 15.0 Å². The van der Waals surface area contributed by atoms with Crippen molar-refractivity contribution in [3.05, 3.63) is 71.0 Å². The number of hydrogen-bond acceptors (Lipinski definition) is 1. The Morgan fingerprint density at radius 1 is 0.812 bits per heavy atom. The van der Waals surface area contributed by atoms with E-state index in [2.05, 4.69) is 65.0 Å². The molecule has 0 aliphatic heterocycles. The average molecular weight is 291 g/mol. The molecule has 0 aliphatic rings. The first kappa shape index (κ1) is 11.5. The van der Waals surface area contributed by atoms with Crippen LogP contribution in [0.15, 0.2) is 75.9 Å². The van der Waals surface area contributed by atoms with Crippen LogP contribution in [0.4, 0.5) is 0 Å². The van der Waals surface area contributed by atoms with Crippen molar-refractivity contribution in [2.24, 2.45) is 0 Å². The zero-order valence-electron chi connectivity index (χ0n) is 8.74. The summed E-state index contributed by atoms with van der Waals surface area (Å²) in [5.41, 5.74) is 0. The second-order valence-corrected chi connectivity index (χ2v) is 6.17. The number of hydrogen-bond donors (Lipinski definition) is 0. The molecule has 0 bridgehead atoms. The van der Waals surface area contributed by atoms with Crippen LogP contribution in [0.3, 0.4) is 0 Å². The van der Waals surface area contributed by atoms with Gasteiger partial charge in [0.05, 0.1) is 0 Å². The van der Waals surface area contributed by atoms with E-state index in [9.17, 15) is 0 Å². The number of rotatable bonds is 4. The van der Waals surface area contributed by atoms with E-state index < -0.39 is 0 Å². The van der Waals surface area contributed by atoms with Gasteiger partial charge in [0.15, 0.2) is 0 Å². The normalized spacial score (nSPS) is 10.8. The maximum atomic E-state index is 2.26. The van der Waals surface area contributed by atoms with Crippen molar-refractivity contribution < 1.29 is 0 Å². The van der Waals surface area contributed by atoms with E-state index in [1.807, 2.05) is 6.07 Å². The van der Waals surface area contributed by atoms with E-state index in [-0.39, 0.29) is 0 Å². The second kappa shape index (κ2) is 6.59. The summed E-state index contributed by atoms with van der Waals surface area (Å²) >= 11 is 2.22. The molecular formula is C14H12SSe. The Morgan fingerprint density at radius 3 is 2.12 bits per heavy atom. The van der Waals surface area contributed by atoms with Gasteiger partial charge in [-0.05, 0) is 0 Å². The quantitative estimate of drug-likeness (QED) is 0.615. The topological polar surface area (TPSA) is 0 Å². The van der Waals surface area contributed by atoms with Gasteiger partial charge in [0.25, 0.3) is 0 Å². The molecule has 0 aliphatic carbocycles. The summed E-state index contributed by atoms with van der Waals surface area (Å²) in [4.78, 5) is 3.56. The van der Waals surface area contributed by atoms with E-state index in [4.69, 9.17) is 0 Å². The molecule has 0 saturated heterocycles. The molecule has 0 aromatic heterocycles. The summed E-state index contributed by atoms with van der Waals surface area (Å²) in [5.74, 6) is 0. The number of thioether (sulfide) groups is 1. The fourth-order valence-electron chi connectivity index (χ4n) is 1.21. The Morgan fingerprint density at radius 2 is 1.44 bits per heavy atom. The first-order valence-electron chi connectivity index (χ1n) is 5.03. The molecule has 0 unspecified atom stereocenters. The van der Waals surface area contributed by atoms with Crippen LogP contribution < -0.4 is 4.46 Å². The Balaban J connectivity index is 1.83. The minimum absolute atomic E-state index is 0.447. The summed E-state index contributed by atoms with van der Waals surface area (Å²) < 4.78 is 1.42. The summed E-state index contributed by atoms with van der Waals surface area (Å²) in [6.07, 6.45) is 0. The van der Waals surface area contributed by atoms with Gasteiger partial charge in [-0.15, -0.1) is 0 Å². The predicted molar refractivity (Wildman–Crippen MR) is 73.3 cm³/mol. The van der Waals surface area contributed by atoms with Gasteiger partial charge >= 0.3 is 107 Å². The fourth-order valence-corrected chi connectivity index (χ4v) is 3.48. The van der Waals surface area contributed by atoms with Crippen molar-refractivity contribution in [1.29, 1.82) is 0 Å². The van der Waals surface area contributed by atoms with E-state index in [0.717, 1.165) is 0 Å². The van der Waals surface area contributed by atoms with Gasteiger partial charge in [0.2, 0.25) is 0 Å². The van der Waals surface area contributed by atoms with E-state index in [1.165, 1.54) is 9.36 Å². The van der Waals surface area contributed by atoms with Crippen molar-refractivity contribution in [2.75, 3.05) is 0 Å². The van der Waals surface area contributed by atoms with Crippen LogP contribution in [0, 0.1) is 0 Å². The third kappa shape index (κ3) is 3.90. The molecular weight excluding hydrogens is 279 g/mol. The molecule has 0 fully saturated rings. The van der Waals surface area contributed by atoms with Gasteiger partial charge in [-0.25, -0.2) is 0 Å². The SMILES string of the molecule is C(=C\[Se]c1ccccc1)/Sc1ccccc1. The summed E-state index contributed by atoms with van der Waals surface area (Å²) in [6.45, 7) is 0. The summed E-state index contributed by atoms with van der Waals surface area (Å²) in [6, 6.07) is 21.0. The standard InChI is InChI=1S/C14H12SSe/c1-3-7-13(8-4-1)15-11-12-16-14-9-5-2-6-10-14/h1-12H/b12-11+. The molecule has 2 rings (SSSR count). The van der Waals surface area contributed by atoms with Crippen LogP contribution >= 0.6 is 11.8 Å². The van der Waals surface area contributed by atoms with Crippen LogP contribution in [0.25, 0.3) is 0 Å². The van der Waals surface area contributed by atoms with Crippen molar-refractivity contribution in [2.45, 2.75) is 4.90 Å². The van der Waals surface area contributed by atoms with Gasteiger partial charge in [0.1, 0.15) is 0 Å². The van der Waals surface area contributed by atoms with Crippen molar-refractivity contribution in [1.82, 2.24) is 0 Å². The van der Waals surface area contributed by atoms with Crippen LogP contribution in [0.5, 0.6) is 0 Å². The molecule has 0 radical (unpaired) electrons. The summed E-state index contributed by atoms with van der Waals surface area (Å²) in [5, 5.41) is 2.18. The van der Waals surface area contributed by atoms with Gasteiger partial charge in [-0.3, -0.25) is 0 Å². The van der Waals surface area contributed by atoms with Crippen LogP contribution in [0.1, 0.15) is 0 Å². The van der Waals surface area contributed by atoms with Crippen LogP contribution in [-0.4, -0.2) is 15.0 Å². The average Bonchev–Trinajstić information content (AvgIpc) is 2.37. The molecule has 2 heteroatoms. The molecule has 2 aromatic rings. The molecule has 80 valence electrons. The molecule has 16 heavy (non-hydrogen) atoms. The third-order valence-corrected chi connectivity index (χ3v) is 4.87. The molecule has 0 saturated carbocycles. The molecule has 0 amide bonds. The molecule has 0 heterocycles. The second-order valence-electron chi connectivity index (χ2n) is 3.13. The first-order valence-corrected chi connectivity index (χ1v) is 7.76. The molecule has 2 aromatic carbocycles. The first-order chi connectivity index (χ1) is 7.95. The van der Waals surface area contributed by atoms with Crippen molar-refractivity contribution in [3.63, 3.8) is 0 Å². The molecule has 0 atom stereocenters. The van der Waals surface area contributed by atoms with Gasteiger partial charge in [-0.1, -0.05) is 0 Å². The van der Waals surface area contributed by atoms with Gasteiger partial charge < -0.3 is 0 Å². The Labute approximate surface area is 107 Å². The number of benzene rings is 2.